The number of benzene rings is 1. The van der Waals surface area contributed by atoms with Gasteiger partial charge in [-0.05, 0) is 30.5 Å². The number of nitrogens with one attached hydrogen (secondary N) is 1. The van der Waals surface area contributed by atoms with Crippen molar-refractivity contribution in [3.63, 3.8) is 0 Å². The summed E-state index contributed by atoms with van der Waals surface area (Å²) in [4.78, 5) is 17.4. The lowest BCUT2D eigenvalue weighted by Gasteiger charge is -2.07. The summed E-state index contributed by atoms with van der Waals surface area (Å²) in [6.45, 7) is 6.77. The highest BCUT2D eigenvalue weighted by atomic mass is 32.1. The minimum absolute atomic E-state index is 0.0526. The molecule has 1 N–H and O–H groups in total. The number of carbonyl (C=O) groups excluding carboxylic acids is 1. The number of nitrogens with zero attached hydrogens (tertiary/aromatic N) is 1. The highest BCUT2D eigenvalue weighted by Gasteiger charge is 2.07. The summed E-state index contributed by atoms with van der Waals surface area (Å²) in [5.41, 5.74) is 1.93. The monoisotopic (exact) mass is 274 g/mol. The summed E-state index contributed by atoms with van der Waals surface area (Å²) in [5, 5.41) is 3.82. The van der Waals surface area contributed by atoms with Gasteiger partial charge >= 0.3 is 0 Å². The maximum Gasteiger partial charge on any atom is 0.251 e. The molecule has 0 spiro atoms. The normalized spacial score (nSPS) is 10.7. The molecule has 0 saturated heterocycles. The maximum atomic E-state index is 12.0. The van der Waals surface area contributed by atoms with Gasteiger partial charge in [-0.25, -0.2) is 4.98 Å². The van der Waals surface area contributed by atoms with Gasteiger partial charge in [0, 0.05) is 16.6 Å². The fraction of sp³-hybridized carbons (Fsp3) is 0.333. The molecule has 0 aliphatic rings. The van der Waals surface area contributed by atoms with Gasteiger partial charge in [0.25, 0.3) is 5.91 Å². The highest BCUT2D eigenvalue weighted by Crippen LogP contribution is 2.15. The third kappa shape index (κ3) is 3.64. The van der Waals surface area contributed by atoms with Crippen molar-refractivity contribution in [3.8, 4) is 0 Å². The minimum Gasteiger partial charge on any atom is -0.346 e. The van der Waals surface area contributed by atoms with Crippen LogP contribution in [0.1, 0.15) is 45.6 Å². The molecule has 0 fully saturated rings. The third-order valence-electron chi connectivity index (χ3n) is 2.91. The number of thiazole rings is 1. The fourth-order valence-corrected chi connectivity index (χ4v) is 2.49. The van der Waals surface area contributed by atoms with E-state index in [1.165, 1.54) is 5.56 Å². The molecule has 1 aromatic carbocycles. The molecule has 19 heavy (non-hydrogen) atoms. The van der Waals surface area contributed by atoms with Crippen molar-refractivity contribution in [2.24, 2.45) is 0 Å². The molecule has 0 radical (unpaired) electrons. The number of aryl methyl sites for hydroxylation is 1. The van der Waals surface area contributed by atoms with Crippen molar-refractivity contribution >= 4 is 17.2 Å². The Morgan fingerprint density at radius 3 is 2.53 bits per heavy atom. The number of rotatable bonds is 4. The zero-order valence-electron chi connectivity index (χ0n) is 11.4. The zero-order chi connectivity index (χ0) is 13.8. The Morgan fingerprint density at radius 2 is 2.00 bits per heavy atom. The lowest BCUT2D eigenvalue weighted by molar-refractivity contribution is 0.0951. The van der Waals surface area contributed by atoms with E-state index in [0.29, 0.717) is 18.0 Å². The van der Waals surface area contributed by atoms with Crippen molar-refractivity contribution in [3.05, 3.63) is 51.5 Å². The molecular formula is C15H18N2OS. The lowest BCUT2D eigenvalue weighted by atomic mass is 10.0. The number of aromatic nitrogens is 1. The van der Waals surface area contributed by atoms with Crippen LogP contribution in [0.5, 0.6) is 0 Å². The number of hydrogen-bond donors (Lipinski definition) is 1. The smallest absolute Gasteiger partial charge is 0.251 e. The average Bonchev–Trinajstić information content (AvgIpc) is 2.82. The van der Waals surface area contributed by atoms with Crippen LogP contribution in [0, 0.1) is 6.92 Å². The third-order valence-corrected chi connectivity index (χ3v) is 3.82. The second-order valence-electron chi connectivity index (χ2n) is 4.82. The predicted molar refractivity (Wildman–Crippen MR) is 78.6 cm³/mol. The average molecular weight is 274 g/mol. The fourth-order valence-electron chi connectivity index (χ4n) is 1.76. The summed E-state index contributed by atoms with van der Waals surface area (Å²) < 4.78 is 0. The van der Waals surface area contributed by atoms with Gasteiger partial charge in [-0.2, -0.15) is 0 Å². The number of carbonyl (C=O) groups is 1. The molecule has 100 valence electrons. The molecule has 1 amide bonds. The molecule has 0 unspecified atom stereocenters. The Bertz CT molecular complexity index is 558. The molecule has 1 heterocycles. The van der Waals surface area contributed by atoms with Gasteiger partial charge in [-0.15, -0.1) is 11.3 Å². The van der Waals surface area contributed by atoms with Crippen molar-refractivity contribution in [1.29, 1.82) is 0 Å². The highest BCUT2D eigenvalue weighted by molar-refractivity contribution is 7.11. The van der Waals surface area contributed by atoms with Crippen molar-refractivity contribution in [1.82, 2.24) is 10.3 Å². The van der Waals surface area contributed by atoms with E-state index in [1.54, 1.807) is 11.3 Å². The first kappa shape index (κ1) is 13.7. The van der Waals surface area contributed by atoms with Crippen LogP contribution in [0.2, 0.25) is 0 Å². The van der Waals surface area contributed by atoms with Crippen LogP contribution in [0.15, 0.2) is 30.5 Å². The molecule has 0 bridgehead atoms. The SMILES string of the molecule is Cc1cnc(CNC(=O)c2ccc(C(C)C)cc2)s1. The van der Waals surface area contributed by atoms with Gasteiger partial charge in [0.15, 0.2) is 0 Å². The second kappa shape index (κ2) is 5.97. The summed E-state index contributed by atoms with van der Waals surface area (Å²) >= 11 is 1.61. The minimum atomic E-state index is -0.0526. The second-order valence-corrected chi connectivity index (χ2v) is 6.14. The van der Waals surface area contributed by atoms with Crippen LogP contribution in [-0.2, 0) is 6.54 Å². The molecule has 2 rings (SSSR count). The van der Waals surface area contributed by atoms with Crippen LogP contribution in [-0.4, -0.2) is 10.9 Å². The first-order chi connectivity index (χ1) is 9.06. The van der Waals surface area contributed by atoms with Crippen LogP contribution in [0.3, 0.4) is 0 Å². The van der Waals surface area contributed by atoms with E-state index in [4.69, 9.17) is 0 Å². The van der Waals surface area contributed by atoms with E-state index >= 15 is 0 Å². The van der Waals surface area contributed by atoms with Gasteiger partial charge in [-0.3, -0.25) is 4.79 Å². The van der Waals surface area contributed by atoms with Crippen LogP contribution >= 0.6 is 11.3 Å². The Hall–Kier alpha value is -1.68. The van der Waals surface area contributed by atoms with Crippen molar-refractivity contribution in [2.75, 3.05) is 0 Å². The van der Waals surface area contributed by atoms with E-state index in [1.807, 2.05) is 37.4 Å². The van der Waals surface area contributed by atoms with Gasteiger partial charge in [0.1, 0.15) is 5.01 Å². The van der Waals surface area contributed by atoms with E-state index in [2.05, 4.69) is 24.1 Å². The molecule has 1 aromatic heterocycles. The van der Waals surface area contributed by atoms with Gasteiger partial charge in [0.05, 0.1) is 6.54 Å². The van der Waals surface area contributed by atoms with E-state index < -0.39 is 0 Å². The molecule has 2 aromatic rings. The Balaban J connectivity index is 1.96. The van der Waals surface area contributed by atoms with Crippen LogP contribution < -0.4 is 5.32 Å². The van der Waals surface area contributed by atoms with Crippen LogP contribution in [0.25, 0.3) is 0 Å². The topological polar surface area (TPSA) is 42.0 Å². The number of hydrogen-bond acceptors (Lipinski definition) is 3. The molecule has 0 aliphatic heterocycles. The van der Waals surface area contributed by atoms with E-state index in [-0.39, 0.29) is 5.91 Å². The largest absolute Gasteiger partial charge is 0.346 e. The first-order valence-electron chi connectivity index (χ1n) is 6.35. The van der Waals surface area contributed by atoms with Gasteiger partial charge in [0.2, 0.25) is 0 Å². The van der Waals surface area contributed by atoms with Crippen molar-refractivity contribution < 1.29 is 4.79 Å². The summed E-state index contributed by atoms with van der Waals surface area (Å²) in [7, 11) is 0. The van der Waals surface area contributed by atoms with Crippen LogP contribution in [0.4, 0.5) is 0 Å². The quantitative estimate of drug-likeness (QED) is 0.927. The van der Waals surface area contributed by atoms with Gasteiger partial charge < -0.3 is 5.32 Å². The van der Waals surface area contributed by atoms with E-state index in [9.17, 15) is 4.79 Å². The molecule has 3 nitrogen and oxygen atoms in total. The molecule has 0 aliphatic carbocycles. The molecular weight excluding hydrogens is 256 g/mol. The maximum absolute atomic E-state index is 12.0. The standard InChI is InChI=1S/C15H18N2OS/c1-10(2)12-4-6-13(7-5-12)15(18)17-9-14-16-8-11(3)19-14/h4-8,10H,9H2,1-3H3,(H,17,18). The predicted octanol–water partition coefficient (Wildman–Crippen LogP) is 3.50. The summed E-state index contributed by atoms with van der Waals surface area (Å²) in [5.74, 6) is 0.429. The Morgan fingerprint density at radius 1 is 1.32 bits per heavy atom. The summed E-state index contributed by atoms with van der Waals surface area (Å²) in [6, 6.07) is 7.76. The lowest BCUT2D eigenvalue weighted by Crippen LogP contribution is -2.22. The molecule has 0 atom stereocenters. The van der Waals surface area contributed by atoms with E-state index in [0.717, 1.165) is 9.88 Å². The number of amides is 1. The molecule has 0 saturated carbocycles. The molecule has 4 heteroatoms. The Kier molecular flexibility index (Phi) is 4.32. The van der Waals surface area contributed by atoms with Crippen molar-refractivity contribution in [2.45, 2.75) is 33.2 Å². The first-order valence-corrected chi connectivity index (χ1v) is 7.17. The Labute approximate surface area is 117 Å². The van der Waals surface area contributed by atoms with Gasteiger partial charge in [-0.1, -0.05) is 26.0 Å². The zero-order valence-corrected chi connectivity index (χ0v) is 12.3. The summed E-state index contributed by atoms with van der Waals surface area (Å²) in [6.07, 6.45) is 1.82.